The molecule has 3 rings (SSSR count). The lowest BCUT2D eigenvalue weighted by Gasteiger charge is -2.16. The minimum atomic E-state index is -0.645. The van der Waals surface area contributed by atoms with Gasteiger partial charge in [0.25, 0.3) is 5.56 Å². The molecule has 6 heteroatoms. The first kappa shape index (κ1) is 15.6. The zero-order chi connectivity index (χ0) is 16.4. The number of benzene rings is 1. The second-order valence-electron chi connectivity index (χ2n) is 5.30. The molecule has 1 aromatic carbocycles. The van der Waals surface area contributed by atoms with Crippen molar-refractivity contribution in [1.29, 1.82) is 0 Å². The molecule has 1 aliphatic carbocycles. The fourth-order valence-electron chi connectivity index (χ4n) is 2.71. The summed E-state index contributed by atoms with van der Waals surface area (Å²) in [6.07, 6.45) is 10.3. The lowest BCUT2D eigenvalue weighted by Crippen LogP contribution is -2.28. The highest BCUT2D eigenvalue weighted by Crippen LogP contribution is 2.29. The van der Waals surface area contributed by atoms with Crippen LogP contribution in [0.1, 0.15) is 24.0 Å². The van der Waals surface area contributed by atoms with E-state index in [4.69, 9.17) is 22.8 Å². The van der Waals surface area contributed by atoms with E-state index >= 15 is 0 Å². The van der Waals surface area contributed by atoms with Gasteiger partial charge in [0.2, 0.25) is 0 Å². The fraction of sp³-hybridized carbons (Fsp3) is 0.294. The molecule has 0 N–H and O–H groups in total. The number of halogens is 2. The molecule has 0 bridgehead atoms. The Labute approximate surface area is 137 Å². The van der Waals surface area contributed by atoms with Crippen molar-refractivity contribution in [2.75, 3.05) is 6.61 Å². The Morgan fingerprint density at radius 1 is 1.39 bits per heavy atom. The van der Waals surface area contributed by atoms with E-state index in [1.807, 2.05) is 0 Å². The van der Waals surface area contributed by atoms with Gasteiger partial charge in [0.05, 0.1) is 11.2 Å². The molecule has 0 saturated carbocycles. The molecule has 1 aromatic heterocycles. The minimum absolute atomic E-state index is 0.000190. The molecule has 0 radical (unpaired) electrons. The molecule has 0 fully saturated rings. The summed E-state index contributed by atoms with van der Waals surface area (Å²) in [6.45, 7) is -0.00267. The van der Waals surface area contributed by atoms with Crippen LogP contribution in [0.2, 0.25) is 5.02 Å². The lowest BCUT2D eigenvalue weighted by atomic mass is 9.94. The number of aryl methyl sites for hydroxylation is 1. The van der Waals surface area contributed by atoms with Crippen LogP contribution in [0.4, 0.5) is 4.39 Å². The first-order chi connectivity index (χ1) is 11.1. The molecule has 4 nitrogen and oxygen atoms in total. The maximum absolute atomic E-state index is 14.3. The predicted molar refractivity (Wildman–Crippen MR) is 85.8 cm³/mol. The molecule has 0 aliphatic heterocycles. The summed E-state index contributed by atoms with van der Waals surface area (Å²) in [5.74, 6) is 1.88. The summed E-state index contributed by atoms with van der Waals surface area (Å²) in [5, 5.41) is 4.19. The van der Waals surface area contributed by atoms with E-state index in [1.54, 1.807) is 6.20 Å². The molecule has 0 unspecified atom stereocenters. The highest BCUT2D eigenvalue weighted by molar-refractivity contribution is 6.32. The normalized spacial score (nSPS) is 13.3. The number of aromatic nitrogens is 2. The third-order valence-electron chi connectivity index (χ3n) is 3.83. The van der Waals surface area contributed by atoms with Crippen molar-refractivity contribution < 1.29 is 9.13 Å². The standard InChI is InChI=1S/C17H14ClFN2O2/c1-2-7-23-16-9-15(14(19)8-13(16)18)21-17(22)12-6-4-3-5-11(12)10-20-21/h1,8-10H,3-7H2. The van der Waals surface area contributed by atoms with Gasteiger partial charge in [0, 0.05) is 11.6 Å². The van der Waals surface area contributed by atoms with Gasteiger partial charge in [0.15, 0.2) is 5.82 Å². The summed E-state index contributed by atoms with van der Waals surface area (Å²) >= 11 is 5.94. The quantitative estimate of drug-likeness (QED) is 0.812. The average molecular weight is 333 g/mol. The Morgan fingerprint density at radius 3 is 2.96 bits per heavy atom. The Bertz CT molecular complexity index is 855. The summed E-state index contributed by atoms with van der Waals surface area (Å²) < 4.78 is 20.6. The van der Waals surface area contributed by atoms with Gasteiger partial charge >= 0.3 is 0 Å². The Morgan fingerprint density at radius 2 is 2.17 bits per heavy atom. The molecule has 1 aliphatic rings. The van der Waals surface area contributed by atoms with E-state index in [2.05, 4.69) is 11.0 Å². The Hall–Kier alpha value is -2.32. The van der Waals surface area contributed by atoms with Crippen LogP contribution in [0.25, 0.3) is 5.69 Å². The number of hydrogen-bond acceptors (Lipinski definition) is 3. The number of hydrogen-bond donors (Lipinski definition) is 0. The number of fused-ring (bicyclic) bond motifs is 1. The summed E-state index contributed by atoms with van der Waals surface area (Å²) in [6, 6.07) is 2.44. The van der Waals surface area contributed by atoms with E-state index < -0.39 is 5.82 Å². The zero-order valence-electron chi connectivity index (χ0n) is 12.3. The van der Waals surface area contributed by atoms with Gasteiger partial charge < -0.3 is 4.74 Å². The summed E-state index contributed by atoms with van der Waals surface area (Å²) in [5.41, 5.74) is 1.34. The molecule has 23 heavy (non-hydrogen) atoms. The van der Waals surface area contributed by atoms with Crippen LogP contribution in [-0.4, -0.2) is 16.4 Å². The van der Waals surface area contributed by atoms with E-state index in [0.717, 1.165) is 35.6 Å². The van der Waals surface area contributed by atoms with Gasteiger partial charge in [-0.1, -0.05) is 17.5 Å². The summed E-state index contributed by atoms with van der Waals surface area (Å²) in [4.78, 5) is 12.6. The fourth-order valence-corrected chi connectivity index (χ4v) is 2.91. The van der Waals surface area contributed by atoms with Crippen LogP contribution in [0.15, 0.2) is 23.1 Å². The highest BCUT2D eigenvalue weighted by Gasteiger charge is 2.19. The van der Waals surface area contributed by atoms with Crippen molar-refractivity contribution in [3.63, 3.8) is 0 Å². The highest BCUT2D eigenvalue weighted by atomic mass is 35.5. The molecular formula is C17H14ClFN2O2. The van der Waals surface area contributed by atoms with Gasteiger partial charge in [-0.15, -0.1) is 6.42 Å². The van der Waals surface area contributed by atoms with Crippen molar-refractivity contribution in [3.05, 3.63) is 50.7 Å². The second-order valence-corrected chi connectivity index (χ2v) is 5.71. The Balaban J connectivity index is 2.12. The van der Waals surface area contributed by atoms with Crippen molar-refractivity contribution in [2.45, 2.75) is 25.7 Å². The average Bonchev–Trinajstić information content (AvgIpc) is 2.55. The van der Waals surface area contributed by atoms with Crippen LogP contribution in [0, 0.1) is 18.2 Å². The van der Waals surface area contributed by atoms with Crippen molar-refractivity contribution >= 4 is 11.6 Å². The predicted octanol–water partition coefficient (Wildman–Crippen LogP) is 2.92. The van der Waals surface area contributed by atoms with Gasteiger partial charge in [0.1, 0.15) is 18.0 Å². The number of nitrogens with zero attached hydrogens (tertiary/aromatic N) is 2. The van der Waals surface area contributed by atoms with E-state index in [0.29, 0.717) is 12.0 Å². The van der Waals surface area contributed by atoms with Crippen LogP contribution < -0.4 is 10.3 Å². The lowest BCUT2D eigenvalue weighted by molar-refractivity contribution is 0.369. The molecule has 1 heterocycles. The molecule has 0 amide bonds. The van der Waals surface area contributed by atoms with E-state index in [1.165, 1.54) is 6.07 Å². The van der Waals surface area contributed by atoms with Crippen molar-refractivity contribution in [1.82, 2.24) is 9.78 Å². The van der Waals surface area contributed by atoms with Crippen LogP contribution >= 0.6 is 11.6 Å². The monoisotopic (exact) mass is 332 g/mol. The van der Waals surface area contributed by atoms with Crippen molar-refractivity contribution in [3.8, 4) is 23.8 Å². The second kappa shape index (κ2) is 6.43. The van der Waals surface area contributed by atoms with Gasteiger partial charge in [-0.2, -0.15) is 9.78 Å². The molecule has 0 spiro atoms. The SMILES string of the molecule is C#CCOc1cc(-n2ncc3c(c2=O)CCCC3)c(F)cc1Cl. The van der Waals surface area contributed by atoms with Gasteiger partial charge in [-0.25, -0.2) is 4.39 Å². The van der Waals surface area contributed by atoms with E-state index in [-0.39, 0.29) is 28.6 Å². The molecule has 118 valence electrons. The van der Waals surface area contributed by atoms with Crippen molar-refractivity contribution in [2.24, 2.45) is 0 Å². The third-order valence-corrected chi connectivity index (χ3v) is 4.13. The number of terminal acetylenes is 1. The molecule has 0 saturated heterocycles. The smallest absolute Gasteiger partial charge is 0.275 e. The molecule has 0 atom stereocenters. The number of rotatable bonds is 3. The van der Waals surface area contributed by atoms with Crippen LogP contribution in [-0.2, 0) is 12.8 Å². The zero-order valence-corrected chi connectivity index (χ0v) is 13.1. The van der Waals surface area contributed by atoms with Gasteiger partial charge in [-0.3, -0.25) is 4.79 Å². The number of ether oxygens (including phenoxy) is 1. The van der Waals surface area contributed by atoms with Crippen LogP contribution in [0.3, 0.4) is 0 Å². The maximum Gasteiger partial charge on any atom is 0.275 e. The van der Waals surface area contributed by atoms with Crippen LogP contribution in [0.5, 0.6) is 5.75 Å². The third kappa shape index (κ3) is 2.95. The molecule has 2 aromatic rings. The molecular weight excluding hydrogens is 319 g/mol. The summed E-state index contributed by atoms with van der Waals surface area (Å²) in [7, 11) is 0. The topological polar surface area (TPSA) is 44.1 Å². The largest absolute Gasteiger partial charge is 0.479 e. The minimum Gasteiger partial charge on any atom is -0.479 e. The maximum atomic E-state index is 14.3. The van der Waals surface area contributed by atoms with Gasteiger partial charge in [-0.05, 0) is 37.3 Å². The first-order valence-electron chi connectivity index (χ1n) is 7.27. The van der Waals surface area contributed by atoms with E-state index in [9.17, 15) is 9.18 Å². The first-order valence-corrected chi connectivity index (χ1v) is 7.65. The Kier molecular flexibility index (Phi) is 4.35.